The zero-order valence-electron chi connectivity index (χ0n) is 23.7. The first-order chi connectivity index (χ1) is 20.7. The van der Waals surface area contributed by atoms with Crippen molar-refractivity contribution >= 4 is 40.6 Å². The van der Waals surface area contributed by atoms with Gasteiger partial charge in [-0.05, 0) is 54.3 Å². The molecule has 4 N–H and O–H groups in total. The molecule has 0 unspecified atom stereocenters. The summed E-state index contributed by atoms with van der Waals surface area (Å²) in [5.74, 6) is -0.644. The summed E-state index contributed by atoms with van der Waals surface area (Å²) in [5.41, 5.74) is 2.46. The molecule has 1 aliphatic rings. The van der Waals surface area contributed by atoms with Crippen molar-refractivity contribution in [1.29, 1.82) is 0 Å². The summed E-state index contributed by atoms with van der Waals surface area (Å²) in [6.07, 6.45) is -0.0245. The fourth-order valence-electron chi connectivity index (χ4n) is 4.61. The third kappa shape index (κ3) is 7.73. The second-order valence-electron chi connectivity index (χ2n) is 10.4. The first kappa shape index (κ1) is 29.2. The number of nitrogens with zero attached hydrogens (tertiary/aromatic N) is 1. The monoisotopic (exact) mass is 588 g/mol. The number of aliphatic carboxylic acids is 1. The van der Waals surface area contributed by atoms with E-state index in [9.17, 15) is 19.5 Å². The number of ether oxygens (including phenoxy) is 3. The third-order valence-electron chi connectivity index (χ3n) is 6.61. The Morgan fingerprint density at radius 2 is 1.77 bits per heavy atom. The molecule has 0 saturated carbocycles. The summed E-state index contributed by atoms with van der Waals surface area (Å²) < 4.78 is 22.2. The van der Waals surface area contributed by atoms with Crippen LogP contribution in [0.25, 0.3) is 11.1 Å². The highest BCUT2D eigenvalue weighted by Gasteiger charge is 2.27. The van der Waals surface area contributed by atoms with Crippen LogP contribution in [0, 0.1) is 5.92 Å². The number of hydrogen-bond donors (Lipinski definition) is 4. The highest BCUT2D eigenvalue weighted by atomic mass is 16.7. The average molecular weight is 589 g/mol. The smallest absolute Gasteiger partial charge is 0.305 e. The minimum absolute atomic E-state index is 0.0630. The summed E-state index contributed by atoms with van der Waals surface area (Å²) in [6, 6.07) is 18.0. The summed E-state index contributed by atoms with van der Waals surface area (Å²) in [4.78, 5) is 42.2. The van der Waals surface area contributed by atoms with Crippen molar-refractivity contribution in [2.75, 3.05) is 18.7 Å². The number of carbonyl (C=O) groups is 3. The van der Waals surface area contributed by atoms with Crippen LogP contribution in [0.4, 0.5) is 11.7 Å². The van der Waals surface area contributed by atoms with Crippen molar-refractivity contribution in [2.24, 2.45) is 5.92 Å². The van der Waals surface area contributed by atoms with Crippen LogP contribution in [0.2, 0.25) is 0 Å². The fraction of sp³-hybridized carbons (Fsp3) is 0.290. The maximum absolute atomic E-state index is 13.3. The molecule has 1 aliphatic heterocycles. The van der Waals surface area contributed by atoms with Crippen LogP contribution in [0.5, 0.6) is 17.2 Å². The molecule has 0 aliphatic carbocycles. The van der Waals surface area contributed by atoms with Gasteiger partial charge in [0.1, 0.15) is 17.3 Å². The van der Waals surface area contributed by atoms with E-state index in [0.717, 1.165) is 5.69 Å². The van der Waals surface area contributed by atoms with Crippen LogP contribution in [0.3, 0.4) is 0 Å². The topological polar surface area (TPSA) is 161 Å². The number of carbonyl (C=O) groups excluding carboxylic acids is 2. The Bertz CT molecular complexity index is 1600. The highest BCUT2D eigenvalue weighted by molar-refractivity contribution is 5.88. The second-order valence-corrected chi connectivity index (χ2v) is 10.4. The normalized spacial score (nSPS) is 13.4. The molecule has 0 spiro atoms. The van der Waals surface area contributed by atoms with Crippen molar-refractivity contribution < 1.29 is 38.1 Å². The van der Waals surface area contributed by atoms with Crippen LogP contribution < -0.4 is 30.2 Å². The van der Waals surface area contributed by atoms with Gasteiger partial charge in [0, 0.05) is 11.8 Å². The van der Waals surface area contributed by atoms with Gasteiger partial charge in [0.25, 0.3) is 11.9 Å². The summed E-state index contributed by atoms with van der Waals surface area (Å²) in [5, 5.41) is 18.1. The Hall–Kier alpha value is -5.26. The minimum Gasteiger partial charge on any atom is -0.484 e. The molecular formula is C31H32N4O8. The molecule has 0 fully saturated rings. The lowest BCUT2D eigenvalue weighted by atomic mass is 10.00. The van der Waals surface area contributed by atoms with Gasteiger partial charge >= 0.3 is 5.97 Å². The molecule has 0 radical (unpaired) electrons. The maximum Gasteiger partial charge on any atom is 0.305 e. The van der Waals surface area contributed by atoms with E-state index >= 15 is 0 Å². The van der Waals surface area contributed by atoms with E-state index in [1.54, 1.807) is 36.4 Å². The Morgan fingerprint density at radius 1 is 0.977 bits per heavy atom. The quantitative estimate of drug-likeness (QED) is 0.174. The van der Waals surface area contributed by atoms with Crippen molar-refractivity contribution in [3.63, 3.8) is 0 Å². The van der Waals surface area contributed by atoms with Gasteiger partial charge in [0.2, 0.25) is 12.7 Å². The standard InChI is InChI=1S/C31H32N4O8/c1-18(2)12-24(30(39)34-23(15-29(37)38)19-8-11-25-27(13-19)42-17-41-25)33-28(36)16-40-21-9-10-22-26(14-21)43-31(35-22)32-20-6-4-3-5-7-20/h3-11,13-14,18,23-24H,12,15-17H2,1-2H3,(H,32,35)(H,33,36)(H,34,39)(H,37,38)/t23-,24-/m0/s1. The lowest BCUT2D eigenvalue weighted by Crippen LogP contribution is -2.49. The molecule has 2 atom stereocenters. The van der Waals surface area contributed by atoms with Crippen molar-refractivity contribution in [1.82, 2.24) is 15.6 Å². The molecule has 43 heavy (non-hydrogen) atoms. The van der Waals surface area contributed by atoms with Crippen LogP contribution >= 0.6 is 0 Å². The molecule has 2 heterocycles. The van der Waals surface area contributed by atoms with Crippen LogP contribution in [-0.4, -0.2) is 47.3 Å². The molecule has 12 heteroatoms. The van der Waals surface area contributed by atoms with Gasteiger partial charge in [-0.1, -0.05) is 38.1 Å². The average Bonchev–Trinajstić information content (AvgIpc) is 3.61. The lowest BCUT2D eigenvalue weighted by Gasteiger charge is -2.24. The van der Waals surface area contributed by atoms with E-state index in [0.29, 0.717) is 46.3 Å². The largest absolute Gasteiger partial charge is 0.484 e. The Labute approximate surface area is 247 Å². The van der Waals surface area contributed by atoms with E-state index in [4.69, 9.17) is 18.6 Å². The van der Waals surface area contributed by atoms with E-state index in [1.165, 1.54) is 0 Å². The number of amides is 2. The number of anilines is 2. The molecular weight excluding hydrogens is 556 g/mol. The molecule has 2 amide bonds. The number of carboxylic acid groups (broad SMARTS) is 1. The Balaban J connectivity index is 1.21. The first-order valence-electron chi connectivity index (χ1n) is 13.8. The number of benzene rings is 3. The zero-order valence-corrected chi connectivity index (χ0v) is 23.7. The van der Waals surface area contributed by atoms with Gasteiger partial charge in [0.15, 0.2) is 23.7 Å². The zero-order chi connectivity index (χ0) is 30.3. The summed E-state index contributed by atoms with van der Waals surface area (Å²) >= 11 is 0. The second kappa shape index (κ2) is 13.1. The number of rotatable bonds is 13. The molecule has 4 aromatic rings. The molecule has 5 rings (SSSR count). The summed E-state index contributed by atoms with van der Waals surface area (Å²) in [7, 11) is 0. The molecule has 1 aromatic heterocycles. The predicted molar refractivity (Wildman–Crippen MR) is 156 cm³/mol. The number of aromatic nitrogens is 1. The van der Waals surface area contributed by atoms with Crippen molar-refractivity contribution in [3.05, 3.63) is 72.3 Å². The summed E-state index contributed by atoms with van der Waals surface area (Å²) in [6.45, 7) is 3.56. The predicted octanol–water partition coefficient (Wildman–Crippen LogP) is 4.54. The van der Waals surface area contributed by atoms with E-state index in [-0.39, 0.29) is 25.7 Å². The van der Waals surface area contributed by atoms with Gasteiger partial charge < -0.3 is 39.7 Å². The minimum atomic E-state index is -1.09. The molecule has 12 nitrogen and oxygen atoms in total. The number of carboxylic acids is 1. The van der Waals surface area contributed by atoms with Gasteiger partial charge in [-0.2, -0.15) is 4.98 Å². The van der Waals surface area contributed by atoms with Gasteiger partial charge in [-0.15, -0.1) is 0 Å². The lowest BCUT2D eigenvalue weighted by molar-refractivity contribution is -0.138. The third-order valence-corrected chi connectivity index (χ3v) is 6.61. The van der Waals surface area contributed by atoms with E-state index < -0.39 is 29.9 Å². The highest BCUT2D eigenvalue weighted by Crippen LogP contribution is 2.35. The number of nitrogens with one attached hydrogen (secondary N) is 3. The number of oxazole rings is 1. The Kier molecular flexibility index (Phi) is 8.94. The van der Waals surface area contributed by atoms with Crippen molar-refractivity contribution in [3.8, 4) is 17.2 Å². The number of hydrogen-bond acceptors (Lipinski definition) is 9. The fourth-order valence-corrected chi connectivity index (χ4v) is 4.61. The Morgan fingerprint density at radius 3 is 2.53 bits per heavy atom. The van der Waals surface area contributed by atoms with Gasteiger partial charge in [-0.3, -0.25) is 14.4 Å². The SMILES string of the molecule is CC(C)C[C@H](NC(=O)COc1ccc2nc(Nc3ccccc3)oc2c1)C(=O)N[C@@H](CC(=O)O)c1ccc2c(c1)OCO2. The number of para-hydroxylation sites is 1. The van der Waals surface area contributed by atoms with E-state index in [1.807, 2.05) is 44.2 Å². The van der Waals surface area contributed by atoms with Crippen LogP contribution in [0.15, 0.2) is 71.1 Å². The maximum atomic E-state index is 13.3. The number of fused-ring (bicyclic) bond motifs is 2. The van der Waals surface area contributed by atoms with Crippen LogP contribution in [-0.2, 0) is 14.4 Å². The molecule has 3 aromatic carbocycles. The first-order valence-corrected chi connectivity index (χ1v) is 13.8. The van der Waals surface area contributed by atoms with Crippen molar-refractivity contribution in [2.45, 2.75) is 38.8 Å². The molecule has 0 bridgehead atoms. The molecule has 224 valence electrons. The van der Waals surface area contributed by atoms with Gasteiger partial charge in [0.05, 0.1) is 12.5 Å². The van der Waals surface area contributed by atoms with Gasteiger partial charge in [-0.25, -0.2) is 0 Å². The van der Waals surface area contributed by atoms with Crippen LogP contribution in [0.1, 0.15) is 38.3 Å². The molecule has 0 saturated heterocycles. The van der Waals surface area contributed by atoms with E-state index in [2.05, 4.69) is 20.9 Å².